The van der Waals surface area contributed by atoms with Crippen LogP contribution in [0.2, 0.25) is 0 Å². The van der Waals surface area contributed by atoms with Gasteiger partial charge in [-0.05, 0) is 49.1 Å². The minimum atomic E-state index is -4.98. The Morgan fingerprint density at radius 2 is 1.44 bits per heavy atom. The van der Waals surface area contributed by atoms with Gasteiger partial charge in [0, 0.05) is 26.0 Å². The normalized spacial score (nSPS) is 20.1. The largest absolute Gasteiger partial charge is 0.394 e. The van der Waals surface area contributed by atoms with Crippen molar-refractivity contribution in [2.24, 2.45) is 11.7 Å². The molecule has 0 spiro atoms. The van der Waals surface area contributed by atoms with Gasteiger partial charge in [-0.2, -0.15) is 13.2 Å². The van der Waals surface area contributed by atoms with Gasteiger partial charge in [-0.1, -0.05) is 36.4 Å². The predicted molar refractivity (Wildman–Crippen MR) is 141 cm³/mol. The van der Waals surface area contributed by atoms with Crippen molar-refractivity contribution in [3.05, 3.63) is 54.1 Å². The van der Waals surface area contributed by atoms with E-state index in [1.165, 1.54) is 48.5 Å². The standard InChI is InChI=1S/C28H32F6N2O4S/c1-26(2,29)15-21(35)25(38)36(23-20(28(32,33)34)13-14-22(23)37)24(27(3,30)31)18-7-5-16(6-8-18)17-9-11-19(12-10-17)41(4,39)40/h5-12,20-21,23-24H,13-15,35H2,1-4H3/t20?,21-,23-,24-/m0/s1. The smallest absolute Gasteiger partial charge is 0.320 e. The molecule has 0 aliphatic heterocycles. The Bertz CT molecular complexity index is 1360. The van der Waals surface area contributed by atoms with Crippen LogP contribution in [0.25, 0.3) is 11.1 Å². The van der Waals surface area contributed by atoms with E-state index in [1.807, 2.05) is 0 Å². The lowest BCUT2D eigenvalue weighted by atomic mass is 9.90. The number of sulfone groups is 1. The summed E-state index contributed by atoms with van der Waals surface area (Å²) in [6.45, 7) is 2.58. The van der Waals surface area contributed by atoms with Gasteiger partial charge in [0.15, 0.2) is 15.6 Å². The minimum Gasteiger partial charge on any atom is -0.320 e. The number of carbonyl (C=O) groups excluding carboxylic acids is 2. The number of rotatable bonds is 9. The highest BCUT2D eigenvalue weighted by Crippen LogP contribution is 2.46. The number of nitrogens with two attached hydrogens (primary N) is 1. The molecule has 2 aromatic rings. The fourth-order valence-corrected chi connectivity index (χ4v) is 5.83. The van der Waals surface area contributed by atoms with Crippen LogP contribution >= 0.6 is 0 Å². The van der Waals surface area contributed by atoms with Crippen molar-refractivity contribution in [2.45, 2.75) is 80.8 Å². The predicted octanol–water partition coefficient (Wildman–Crippen LogP) is 5.66. The van der Waals surface area contributed by atoms with Crippen molar-refractivity contribution in [1.29, 1.82) is 0 Å². The summed E-state index contributed by atoms with van der Waals surface area (Å²) in [6, 6.07) is 4.46. The van der Waals surface area contributed by atoms with Crippen molar-refractivity contribution >= 4 is 21.5 Å². The van der Waals surface area contributed by atoms with Crippen LogP contribution in [0.3, 0.4) is 0 Å². The molecule has 41 heavy (non-hydrogen) atoms. The summed E-state index contributed by atoms with van der Waals surface area (Å²) in [6.07, 6.45) is -5.88. The summed E-state index contributed by atoms with van der Waals surface area (Å²) < 4.78 is 110. The van der Waals surface area contributed by atoms with Gasteiger partial charge in [0.05, 0.1) is 16.9 Å². The van der Waals surface area contributed by atoms with Gasteiger partial charge >= 0.3 is 6.18 Å². The van der Waals surface area contributed by atoms with Gasteiger partial charge in [0.1, 0.15) is 17.8 Å². The van der Waals surface area contributed by atoms with Crippen LogP contribution in [-0.4, -0.2) is 61.1 Å². The van der Waals surface area contributed by atoms with E-state index < -0.39 is 82.6 Å². The first kappa shape index (κ1) is 32.6. The molecule has 0 bridgehead atoms. The molecule has 0 heterocycles. The van der Waals surface area contributed by atoms with E-state index in [2.05, 4.69) is 0 Å². The molecule has 4 atom stereocenters. The van der Waals surface area contributed by atoms with Gasteiger partial charge in [0.2, 0.25) is 5.91 Å². The number of halogens is 6. The van der Waals surface area contributed by atoms with Gasteiger partial charge in [-0.15, -0.1) is 0 Å². The summed E-state index contributed by atoms with van der Waals surface area (Å²) in [5.41, 5.74) is 4.52. The van der Waals surface area contributed by atoms with E-state index >= 15 is 8.78 Å². The van der Waals surface area contributed by atoms with Crippen molar-refractivity contribution in [3.8, 4) is 11.1 Å². The van der Waals surface area contributed by atoms with Crippen molar-refractivity contribution in [2.75, 3.05) is 6.26 Å². The second-order valence-corrected chi connectivity index (χ2v) is 13.2. The SMILES string of the molecule is CC(C)(F)C[C@H](N)C(=O)N([C@@H]1C(=O)CCC1C(F)(F)F)[C@@H](c1ccc(-c2ccc(S(C)(=O)=O)cc2)cc1)C(C)(F)F. The number of Topliss-reactive ketones (excluding diaryl/α,β-unsaturated/α-hetero) is 1. The third kappa shape index (κ3) is 7.68. The van der Waals surface area contributed by atoms with E-state index in [0.717, 1.165) is 20.1 Å². The topological polar surface area (TPSA) is 97.5 Å². The third-order valence-electron chi connectivity index (χ3n) is 7.01. The highest BCUT2D eigenvalue weighted by atomic mass is 32.2. The van der Waals surface area contributed by atoms with Crippen molar-refractivity contribution in [3.63, 3.8) is 0 Å². The molecule has 2 aromatic carbocycles. The van der Waals surface area contributed by atoms with E-state index in [1.54, 1.807) is 0 Å². The van der Waals surface area contributed by atoms with Gasteiger partial charge in [-0.3, -0.25) is 9.59 Å². The molecule has 1 unspecified atom stereocenters. The Morgan fingerprint density at radius 3 is 1.85 bits per heavy atom. The Hall–Kier alpha value is -2.93. The molecular formula is C28H32F6N2O4S. The van der Waals surface area contributed by atoms with Crippen LogP contribution in [0.15, 0.2) is 53.4 Å². The molecule has 1 amide bonds. The number of ketones is 1. The van der Waals surface area contributed by atoms with Crippen molar-refractivity contribution in [1.82, 2.24) is 4.90 Å². The summed E-state index contributed by atoms with van der Waals surface area (Å²) in [5, 5.41) is 0. The van der Waals surface area contributed by atoms with Crippen LogP contribution in [0.5, 0.6) is 0 Å². The first-order valence-corrected chi connectivity index (χ1v) is 14.6. The maximum absolute atomic E-state index is 15.3. The van der Waals surface area contributed by atoms with E-state index in [-0.39, 0.29) is 15.4 Å². The molecule has 226 valence electrons. The first-order chi connectivity index (χ1) is 18.6. The van der Waals surface area contributed by atoms with Crippen LogP contribution in [0.4, 0.5) is 26.3 Å². The van der Waals surface area contributed by atoms with Crippen LogP contribution in [0.1, 0.15) is 51.6 Å². The quantitative estimate of drug-likeness (QED) is 0.372. The Balaban J connectivity index is 2.13. The summed E-state index contributed by atoms with van der Waals surface area (Å²) in [4.78, 5) is 26.6. The molecule has 6 nitrogen and oxygen atoms in total. The lowest BCUT2D eigenvalue weighted by Crippen LogP contribution is -2.58. The number of hydrogen-bond acceptors (Lipinski definition) is 5. The molecule has 13 heteroatoms. The summed E-state index contributed by atoms with van der Waals surface area (Å²) >= 11 is 0. The Labute approximate surface area is 234 Å². The number of amides is 1. The first-order valence-electron chi connectivity index (χ1n) is 12.8. The summed E-state index contributed by atoms with van der Waals surface area (Å²) in [7, 11) is -3.46. The Kier molecular flexibility index (Phi) is 9.05. The monoisotopic (exact) mass is 606 g/mol. The zero-order valence-electron chi connectivity index (χ0n) is 22.9. The fourth-order valence-electron chi connectivity index (χ4n) is 5.20. The number of hydrogen-bond donors (Lipinski definition) is 1. The average molecular weight is 607 g/mol. The van der Waals surface area contributed by atoms with E-state index in [4.69, 9.17) is 5.73 Å². The lowest BCUT2D eigenvalue weighted by molar-refractivity contribution is -0.198. The minimum absolute atomic E-state index is 0.0611. The zero-order chi connectivity index (χ0) is 31.1. The van der Waals surface area contributed by atoms with E-state index in [0.29, 0.717) is 18.1 Å². The number of alkyl halides is 6. The molecule has 0 aromatic heterocycles. The third-order valence-corrected chi connectivity index (χ3v) is 8.14. The van der Waals surface area contributed by atoms with Crippen LogP contribution in [-0.2, 0) is 19.4 Å². The zero-order valence-corrected chi connectivity index (χ0v) is 23.7. The fraction of sp³-hybridized carbons (Fsp3) is 0.500. The molecule has 0 radical (unpaired) electrons. The number of carbonyl (C=O) groups is 2. The lowest BCUT2D eigenvalue weighted by Gasteiger charge is -2.42. The second kappa shape index (κ2) is 11.4. The highest BCUT2D eigenvalue weighted by molar-refractivity contribution is 7.90. The Morgan fingerprint density at radius 1 is 0.951 bits per heavy atom. The number of nitrogens with zero attached hydrogens (tertiary/aromatic N) is 1. The highest BCUT2D eigenvalue weighted by Gasteiger charge is 2.58. The number of benzene rings is 2. The van der Waals surface area contributed by atoms with Gasteiger partial charge in [0.25, 0.3) is 5.92 Å². The molecule has 2 N–H and O–H groups in total. The average Bonchev–Trinajstić information content (AvgIpc) is 3.21. The maximum Gasteiger partial charge on any atom is 0.394 e. The molecule has 3 rings (SSSR count). The van der Waals surface area contributed by atoms with Gasteiger partial charge < -0.3 is 10.6 Å². The molecule has 0 saturated heterocycles. The van der Waals surface area contributed by atoms with E-state index in [9.17, 15) is 35.6 Å². The molecule has 1 saturated carbocycles. The molecule has 1 fully saturated rings. The van der Waals surface area contributed by atoms with Crippen LogP contribution < -0.4 is 5.73 Å². The molecular weight excluding hydrogens is 574 g/mol. The van der Waals surface area contributed by atoms with Crippen molar-refractivity contribution < 1.29 is 44.3 Å². The molecule has 1 aliphatic carbocycles. The summed E-state index contributed by atoms with van der Waals surface area (Å²) in [5.74, 6) is -8.68. The second-order valence-electron chi connectivity index (χ2n) is 11.2. The van der Waals surface area contributed by atoms with Gasteiger partial charge in [-0.25, -0.2) is 21.6 Å². The molecule has 1 aliphatic rings. The maximum atomic E-state index is 15.3. The van der Waals surface area contributed by atoms with Crippen LogP contribution in [0, 0.1) is 5.92 Å².